The van der Waals surface area contributed by atoms with Gasteiger partial charge in [-0.2, -0.15) is 0 Å². The summed E-state index contributed by atoms with van der Waals surface area (Å²) in [6.45, 7) is 1.68. The van der Waals surface area contributed by atoms with Crippen LogP contribution < -0.4 is 9.47 Å². The van der Waals surface area contributed by atoms with Crippen molar-refractivity contribution in [2.45, 2.75) is 17.7 Å². The molecule has 7 nitrogen and oxygen atoms in total. The average molecular weight is 377 g/mol. The fraction of sp³-hybridized carbons (Fsp3) is 0.278. The van der Waals surface area contributed by atoms with Crippen LogP contribution in [0.2, 0.25) is 0 Å². The number of esters is 1. The molecule has 0 radical (unpaired) electrons. The molecule has 0 aliphatic heterocycles. The fourth-order valence-corrected chi connectivity index (χ4v) is 3.04. The van der Waals surface area contributed by atoms with Crippen molar-refractivity contribution in [3.05, 3.63) is 47.7 Å². The van der Waals surface area contributed by atoms with Gasteiger partial charge in [-0.3, -0.25) is 4.79 Å². The molecular weight excluding hydrogens is 358 g/mol. The summed E-state index contributed by atoms with van der Waals surface area (Å²) in [5.74, 6) is 0.283. The highest BCUT2D eigenvalue weighted by Gasteiger charge is 2.13. The lowest BCUT2D eigenvalue weighted by Crippen LogP contribution is -2.10. The first-order valence-electron chi connectivity index (χ1n) is 7.75. The Morgan fingerprint density at radius 3 is 2.73 bits per heavy atom. The van der Waals surface area contributed by atoms with Gasteiger partial charge < -0.3 is 19.3 Å². The minimum absolute atomic E-state index is 0.141. The van der Waals surface area contributed by atoms with Crippen LogP contribution in [0.3, 0.4) is 0 Å². The Morgan fingerprint density at radius 1 is 1.23 bits per heavy atom. The topological polar surface area (TPSA) is 95.0 Å². The molecular formula is C18H19NO6S. The van der Waals surface area contributed by atoms with Crippen LogP contribution in [0.5, 0.6) is 11.5 Å². The predicted molar refractivity (Wildman–Crippen MR) is 95.9 cm³/mol. The van der Waals surface area contributed by atoms with Gasteiger partial charge in [0.2, 0.25) is 0 Å². The molecule has 0 atom stereocenters. The van der Waals surface area contributed by atoms with Crippen molar-refractivity contribution in [1.29, 1.82) is 0 Å². The van der Waals surface area contributed by atoms with E-state index in [0.29, 0.717) is 22.3 Å². The molecule has 2 rings (SSSR count). The van der Waals surface area contributed by atoms with Gasteiger partial charge in [0, 0.05) is 30.5 Å². The van der Waals surface area contributed by atoms with Gasteiger partial charge in [0.25, 0.3) is 0 Å². The number of aromatic carboxylic acids is 1. The summed E-state index contributed by atoms with van der Waals surface area (Å²) in [5.41, 5.74) is 1.00. The molecule has 0 fully saturated rings. The van der Waals surface area contributed by atoms with Crippen LogP contribution in [0.4, 0.5) is 0 Å². The highest BCUT2D eigenvalue weighted by molar-refractivity contribution is 7.98. The van der Waals surface area contributed by atoms with Crippen molar-refractivity contribution in [2.24, 2.45) is 0 Å². The van der Waals surface area contributed by atoms with Gasteiger partial charge >= 0.3 is 11.9 Å². The number of benzene rings is 1. The summed E-state index contributed by atoms with van der Waals surface area (Å²) in [4.78, 5) is 26.2. The van der Waals surface area contributed by atoms with Gasteiger partial charge in [0.15, 0.2) is 0 Å². The number of thioether (sulfide) groups is 1. The zero-order valence-electron chi connectivity index (χ0n) is 14.4. The van der Waals surface area contributed by atoms with E-state index in [1.807, 2.05) is 6.07 Å². The monoisotopic (exact) mass is 377 g/mol. The minimum Gasteiger partial charge on any atom is -0.497 e. The normalized spacial score (nSPS) is 10.2. The van der Waals surface area contributed by atoms with Crippen LogP contribution >= 0.6 is 11.8 Å². The van der Waals surface area contributed by atoms with Gasteiger partial charge in [-0.25, -0.2) is 9.78 Å². The van der Waals surface area contributed by atoms with Gasteiger partial charge in [0.05, 0.1) is 12.7 Å². The predicted octanol–water partition coefficient (Wildman–Crippen LogP) is 3.02. The molecule has 0 bridgehead atoms. The van der Waals surface area contributed by atoms with Gasteiger partial charge in [-0.1, -0.05) is 6.07 Å². The molecule has 0 saturated heterocycles. The maximum Gasteiger partial charge on any atom is 0.338 e. The Morgan fingerprint density at radius 2 is 2.04 bits per heavy atom. The maximum atomic E-state index is 11.3. The van der Waals surface area contributed by atoms with Crippen molar-refractivity contribution in [3.63, 3.8) is 0 Å². The van der Waals surface area contributed by atoms with Gasteiger partial charge in [-0.15, -0.1) is 11.8 Å². The lowest BCUT2D eigenvalue weighted by molar-refractivity contribution is -0.141. The van der Waals surface area contributed by atoms with Crippen LogP contribution in [0.25, 0.3) is 0 Å². The van der Waals surface area contributed by atoms with E-state index in [0.717, 1.165) is 5.56 Å². The lowest BCUT2D eigenvalue weighted by atomic mass is 10.2. The first kappa shape index (κ1) is 19.6. The van der Waals surface area contributed by atoms with E-state index >= 15 is 0 Å². The number of carbonyl (C=O) groups excluding carboxylic acids is 1. The number of hydrogen-bond acceptors (Lipinski definition) is 7. The van der Waals surface area contributed by atoms with Crippen molar-refractivity contribution < 1.29 is 28.9 Å². The van der Waals surface area contributed by atoms with E-state index in [9.17, 15) is 14.7 Å². The second-order valence-corrected chi connectivity index (χ2v) is 6.08. The lowest BCUT2D eigenvalue weighted by Gasteiger charge is -2.13. The number of carbonyl (C=O) groups is 2. The molecule has 0 amide bonds. The summed E-state index contributed by atoms with van der Waals surface area (Å²) in [5, 5.41) is 9.67. The van der Waals surface area contributed by atoms with Crippen molar-refractivity contribution >= 4 is 23.7 Å². The Hall–Kier alpha value is -2.74. The average Bonchev–Trinajstić information content (AvgIpc) is 2.63. The first-order valence-corrected chi connectivity index (χ1v) is 8.74. The third-order valence-electron chi connectivity index (χ3n) is 3.29. The largest absolute Gasteiger partial charge is 0.497 e. The van der Waals surface area contributed by atoms with Crippen LogP contribution in [0.1, 0.15) is 22.8 Å². The fourth-order valence-electron chi connectivity index (χ4n) is 2.07. The number of aromatic nitrogens is 1. The smallest absolute Gasteiger partial charge is 0.338 e. The van der Waals surface area contributed by atoms with Crippen molar-refractivity contribution in [3.8, 4) is 11.5 Å². The molecule has 0 saturated carbocycles. The third-order valence-corrected chi connectivity index (χ3v) is 4.34. The van der Waals surface area contributed by atoms with Gasteiger partial charge in [0.1, 0.15) is 29.7 Å². The molecule has 138 valence electrons. The molecule has 26 heavy (non-hydrogen) atoms. The Labute approximate surface area is 155 Å². The number of carboxylic acid groups (broad SMARTS) is 1. The maximum absolute atomic E-state index is 11.3. The number of nitrogens with zero attached hydrogens (tertiary/aromatic N) is 1. The van der Waals surface area contributed by atoms with E-state index in [-0.39, 0.29) is 24.7 Å². The number of ether oxygens (including phenoxy) is 3. The van der Waals surface area contributed by atoms with Crippen molar-refractivity contribution in [1.82, 2.24) is 4.98 Å². The number of hydrogen-bond donors (Lipinski definition) is 1. The summed E-state index contributed by atoms with van der Waals surface area (Å²) in [6, 6.07) is 8.48. The summed E-state index contributed by atoms with van der Waals surface area (Å²) in [6.07, 6.45) is 1.55. The highest BCUT2D eigenvalue weighted by Crippen LogP contribution is 2.31. The molecule has 0 unspecified atom stereocenters. The molecule has 0 spiro atoms. The molecule has 1 aromatic carbocycles. The van der Waals surface area contributed by atoms with Crippen LogP contribution in [-0.4, -0.2) is 42.4 Å². The van der Waals surface area contributed by atoms with E-state index in [4.69, 9.17) is 14.2 Å². The summed E-state index contributed by atoms with van der Waals surface area (Å²) < 4.78 is 15.8. The number of rotatable bonds is 9. The van der Waals surface area contributed by atoms with Gasteiger partial charge in [-0.05, 0) is 18.2 Å². The minimum atomic E-state index is -1.02. The summed E-state index contributed by atoms with van der Waals surface area (Å²) >= 11 is 1.30. The Balaban J connectivity index is 2.10. The quantitative estimate of drug-likeness (QED) is 0.405. The molecule has 0 aliphatic carbocycles. The molecule has 1 aromatic heterocycles. The number of methoxy groups -OCH3 is 1. The molecule has 2 aromatic rings. The van der Waals surface area contributed by atoms with E-state index < -0.39 is 5.97 Å². The van der Waals surface area contributed by atoms with Crippen LogP contribution in [0, 0.1) is 0 Å². The zero-order valence-corrected chi connectivity index (χ0v) is 15.2. The van der Waals surface area contributed by atoms with E-state index in [2.05, 4.69) is 4.98 Å². The van der Waals surface area contributed by atoms with E-state index in [1.165, 1.54) is 24.8 Å². The molecule has 1 N–H and O–H groups in total. The second-order valence-electron chi connectivity index (χ2n) is 5.11. The first-order chi connectivity index (χ1) is 12.5. The molecule has 8 heteroatoms. The Bertz CT molecular complexity index is 780. The standard InChI is InChI=1S/C18H19NO6S/c1-12(20)24-8-9-25-16-10-14(23-2)6-5-13(16)11-26-17-15(18(21)22)4-3-7-19-17/h3-7,10H,8-9,11H2,1-2H3,(H,21,22). The second kappa shape index (κ2) is 9.67. The third kappa shape index (κ3) is 5.66. The number of carboxylic acids is 1. The zero-order chi connectivity index (χ0) is 18.9. The van der Waals surface area contributed by atoms with E-state index in [1.54, 1.807) is 31.5 Å². The Kier molecular flexibility index (Phi) is 7.28. The summed E-state index contributed by atoms with van der Waals surface area (Å²) in [7, 11) is 1.55. The molecule has 0 aliphatic rings. The molecule has 1 heterocycles. The van der Waals surface area contributed by atoms with Crippen LogP contribution in [-0.2, 0) is 15.3 Å². The number of pyridine rings is 1. The van der Waals surface area contributed by atoms with Crippen molar-refractivity contribution in [2.75, 3.05) is 20.3 Å². The highest BCUT2D eigenvalue weighted by atomic mass is 32.2. The van der Waals surface area contributed by atoms with Crippen LogP contribution in [0.15, 0.2) is 41.6 Å². The SMILES string of the molecule is COc1ccc(CSc2ncccc2C(=O)O)c(OCCOC(C)=O)c1.